The van der Waals surface area contributed by atoms with Crippen molar-refractivity contribution in [3.05, 3.63) is 29.8 Å². The van der Waals surface area contributed by atoms with E-state index in [1.807, 2.05) is 6.92 Å². The summed E-state index contributed by atoms with van der Waals surface area (Å²) < 4.78 is 22.4. The second-order valence-electron chi connectivity index (χ2n) is 2.96. The van der Waals surface area contributed by atoms with Gasteiger partial charge in [-0.2, -0.15) is 0 Å². The average Bonchev–Trinajstić information content (AvgIpc) is 2.14. The van der Waals surface area contributed by atoms with Crippen LogP contribution >= 0.6 is 0 Å². The summed E-state index contributed by atoms with van der Waals surface area (Å²) in [7, 11) is -3.12. The summed E-state index contributed by atoms with van der Waals surface area (Å²) in [5.41, 5.74) is 0.745. The molecule has 0 aliphatic carbocycles. The Morgan fingerprint density at radius 1 is 1.36 bits per heavy atom. The van der Waals surface area contributed by atoms with E-state index in [0.717, 1.165) is 12.0 Å². The van der Waals surface area contributed by atoms with Gasteiger partial charge in [-0.05, 0) is 18.2 Å². The average molecular weight is 208 g/mol. The van der Waals surface area contributed by atoms with E-state index in [0.29, 0.717) is 4.90 Å². The highest BCUT2D eigenvalue weighted by Crippen LogP contribution is 2.10. The van der Waals surface area contributed by atoms with Gasteiger partial charge in [-0.25, -0.2) is 8.42 Å². The molecule has 0 unspecified atom stereocenters. The SMILES string of the molecule is CCC#Cc1cccc(S(C)(=O)=O)c1. The highest BCUT2D eigenvalue weighted by atomic mass is 32.2. The molecule has 0 fully saturated rings. The van der Waals surface area contributed by atoms with Gasteiger partial charge in [0.15, 0.2) is 9.84 Å². The smallest absolute Gasteiger partial charge is 0.175 e. The molecule has 0 radical (unpaired) electrons. The van der Waals surface area contributed by atoms with Gasteiger partial charge < -0.3 is 0 Å². The maximum absolute atomic E-state index is 11.2. The van der Waals surface area contributed by atoms with Gasteiger partial charge in [-0.3, -0.25) is 0 Å². The molecule has 0 spiro atoms. The Morgan fingerprint density at radius 3 is 2.64 bits per heavy atom. The van der Waals surface area contributed by atoms with Crippen LogP contribution in [0, 0.1) is 11.8 Å². The predicted molar refractivity (Wildman–Crippen MR) is 56.7 cm³/mol. The molecule has 0 aliphatic heterocycles. The standard InChI is InChI=1S/C11H12O2S/c1-3-4-6-10-7-5-8-11(9-10)14(2,12)13/h5,7-9H,3H2,1-2H3. The minimum atomic E-state index is -3.12. The third-order valence-electron chi connectivity index (χ3n) is 1.67. The third-order valence-corrected chi connectivity index (χ3v) is 2.78. The van der Waals surface area contributed by atoms with E-state index in [2.05, 4.69) is 11.8 Å². The fraction of sp³-hybridized carbons (Fsp3) is 0.273. The number of hydrogen-bond acceptors (Lipinski definition) is 2. The van der Waals surface area contributed by atoms with Gasteiger partial charge in [0.25, 0.3) is 0 Å². The van der Waals surface area contributed by atoms with Gasteiger partial charge in [0, 0.05) is 18.2 Å². The van der Waals surface area contributed by atoms with Gasteiger partial charge in [-0.15, -0.1) is 0 Å². The van der Waals surface area contributed by atoms with Gasteiger partial charge in [0.2, 0.25) is 0 Å². The molecule has 0 aliphatic rings. The molecular formula is C11H12O2S. The minimum Gasteiger partial charge on any atom is -0.224 e. The topological polar surface area (TPSA) is 34.1 Å². The van der Waals surface area contributed by atoms with E-state index < -0.39 is 9.84 Å². The molecule has 0 saturated carbocycles. The molecule has 0 saturated heterocycles. The minimum absolute atomic E-state index is 0.320. The molecule has 1 aromatic carbocycles. The molecule has 14 heavy (non-hydrogen) atoms. The lowest BCUT2D eigenvalue weighted by Crippen LogP contribution is -1.96. The molecule has 2 nitrogen and oxygen atoms in total. The van der Waals surface area contributed by atoms with Gasteiger partial charge in [0.1, 0.15) is 0 Å². The molecule has 0 atom stereocenters. The summed E-state index contributed by atoms with van der Waals surface area (Å²) in [4.78, 5) is 0.320. The lowest BCUT2D eigenvalue weighted by Gasteiger charge is -1.97. The first-order valence-electron chi connectivity index (χ1n) is 4.33. The van der Waals surface area contributed by atoms with Crippen molar-refractivity contribution in [2.24, 2.45) is 0 Å². The summed E-state index contributed by atoms with van der Waals surface area (Å²) in [6, 6.07) is 6.68. The quantitative estimate of drug-likeness (QED) is 0.660. The Kier molecular flexibility index (Phi) is 3.32. The second-order valence-corrected chi connectivity index (χ2v) is 4.97. The van der Waals surface area contributed by atoms with Crippen LogP contribution in [-0.2, 0) is 9.84 Å². The van der Waals surface area contributed by atoms with Crippen LogP contribution in [0.4, 0.5) is 0 Å². The molecule has 0 amide bonds. The summed E-state index contributed by atoms with van der Waals surface area (Å²) in [5.74, 6) is 5.79. The molecule has 1 aromatic rings. The molecule has 74 valence electrons. The second kappa shape index (κ2) is 4.30. The molecule has 1 rings (SSSR count). The normalized spacial score (nSPS) is 10.4. The molecule has 3 heteroatoms. The van der Waals surface area contributed by atoms with E-state index in [1.165, 1.54) is 6.26 Å². The Morgan fingerprint density at radius 2 is 2.07 bits per heavy atom. The fourth-order valence-electron chi connectivity index (χ4n) is 0.995. The van der Waals surface area contributed by atoms with E-state index in [1.54, 1.807) is 24.3 Å². The number of hydrogen-bond donors (Lipinski definition) is 0. The zero-order valence-electron chi connectivity index (χ0n) is 8.24. The monoisotopic (exact) mass is 208 g/mol. The van der Waals surface area contributed by atoms with Crippen molar-refractivity contribution in [1.82, 2.24) is 0 Å². The van der Waals surface area contributed by atoms with E-state index in [4.69, 9.17) is 0 Å². The van der Waals surface area contributed by atoms with Crippen LogP contribution in [0.5, 0.6) is 0 Å². The van der Waals surface area contributed by atoms with Gasteiger partial charge in [0.05, 0.1) is 4.90 Å². The maximum atomic E-state index is 11.2. The van der Waals surface area contributed by atoms with Crippen LogP contribution in [-0.4, -0.2) is 14.7 Å². The third kappa shape index (κ3) is 2.90. The van der Waals surface area contributed by atoms with E-state index in [9.17, 15) is 8.42 Å². The van der Waals surface area contributed by atoms with Crippen molar-refractivity contribution >= 4 is 9.84 Å². The predicted octanol–water partition coefficient (Wildman–Crippen LogP) is 1.85. The van der Waals surface area contributed by atoms with Crippen molar-refractivity contribution in [1.29, 1.82) is 0 Å². The summed E-state index contributed by atoms with van der Waals surface area (Å²) in [6.07, 6.45) is 1.96. The molecule has 0 bridgehead atoms. The first-order chi connectivity index (χ1) is 6.54. The lowest BCUT2D eigenvalue weighted by molar-refractivity contribution is 0.602. The van der Waals surface area contributed by atoms with E-state index in [-0.39, 0.29) is 0 Å². The molecule has 0 heterocycles. The highest BCUT2D eigenvalue weighted by molar-refractivity contribution is 7.90. The van der Waals surface area contributed by atoms with E-state index >= 15 is 0 Å². The summed E-state index contributed by atoms with van der Waals surface area (Å²) in [5, 5.41) is 0. The van der Waals surface area contributed by atoms with Crippen molar-refractivity contribution in [2.45, 2.75) is 18.2 Å². The Balaban J connectivity index is 3.14. The molecule has 0 N–H and O–H groups in total. The van der Waals surface area contributed by atoms with Crippen LogP contribution in [0.1, 0.15) is 18.9 Å². The van der Waals surface area contributed by atoms with Crippen LogP contribution in [0.15, 0.2) is 29.2 Å². The first kappa shape index (κ1) is 10.8. The van der Waals surface area contributed by atoms with Crippen molar-refractivity contribution in [3.8, 4) is 11.8 Å². The number of sulfone groups is 1. The van der Waals surface area contributed by atoms with Gasteiger partial charge >= 0.3 is 0 Å². The van der Waals surface area contributed by atoms with Crippen LogP contribution in [0.25, 0.3) is 0 Å². The Bertz CT molecular complexity index is 475. The zero-order chi connectivity index (χ0) is 10.6. The van der Waals surface area contributed by atoms with Crippen LogP contribution in [0.3, 0.4) is 0 Å². The fourth-order valence-corrected chi connectivity index (χ4v) is 1.66. The zero-order valence-corrected chi connectivity index (χ0v) is 9.06. The number of rotatable bonds is 1. The van der Waals surface area contributed by atoms with Crippen LogP contribution < -0.4 is 0 Å². The Hall–Kier alpha value is -1.27. The van der Waals surface area contributed by atoms with Crippen molar-refractivity contribution in [2.75, 3.05) is 6.26 Å². The van der Waals surface area contributed by atoms with Crippen molar-refractivity contribution in [3.63, 3.8) is 0 Å². The Labute approximate surface area is 84.9 Å². The lowest BCUT2D eigenvalue weighted by atomic mass is 10.2. The maximum Gasteiger partial charge on any atom is 0.175 e. The van der Waals surface area contributed by atoms with Crippen LogP contribution in [0.2, 0.25) is 0 Å². The summed E-state index contributed by atoms with van der Waals surface area (Å²) >= 11 is 0. The highest BCUT2D eigenvalue weighted by Gasteiger charge is 2.05. The van der Waals surface area contributed by atoms with Gasteiger partial charge in [-0.1, -0.05) is 24.8 Å². The summed E-state index contributed by atoms with van der Waals surface area (Å²) in [6.45, 7) is 1.95. The molecule has 0 aromatic heterocycles. The first-order valence-corrected chi connectivity index (χ1v) is 6.22. The largest absolute Gasteiger partial charge is 0.224 e. The number of benzene rings is 1. The van der Waals surface area contributed by atoms with Crippen molar-refractivity contribution < 1.29 is 8.42 Å². The molecular weight excluding hydrogens is 196 g/mol.